The average Bonchev–Trinajstić information content (AvgIpc) is 3.49. The van der Waals surface area contributed by atoms with E-state index in [0.29, 0.717) is 17.8 Å². The molecular weight excluding hydrogens is 723 g/mol. The highest BCUT2D eigenvalue weighted by Crippen LogP contribution is 2.38. The summed E-state index contributed by atoms with van der Waals surface area (Å²) in [6.07, 6.45) is 6.89. The van der Waals surface area contributed by atoms with Gasteiger partial charge in [0.2, 0.25) is 5.95 Å². The van der Waals surface area contributed by atoms with Crippen molar-refractivity contribution in [1.29, 1.82) is 0 Å². The Morgan fingerprint density at radius 2 is 1.73 bits per heavy atom. The van der Waals surface area contributed by atoms with Crippen LogP contribution >= 0.6 is 23.9 Å². The van der Waals surface area contributed by atoms with Crippen LogP contribution < -0.4 is 25.6 Å². The molecule has 2 aliphatic heterocycles. The molecule has 0 atom stereocenters. The van der Waals surface area contributed by atoms with E-state index < -0.39 is 7.92 Å². The summed E-state index contributed by atoms with van der Waals surface area (Å²) < 4.78 is 8.57. The fourth-order valence-corrected chi connectivity index (χ4v) is 8.64. The monoisotopic (exact) mass is 770 g/mol. The normalized spacial score (nSPS) is 16.3. The molecule has 2 aliphatic rings. The molecule has 2 saturated heterocycles. The summed E-state index contributed by atoms with van der Waals surface area (Å²) in [4.78, 5) is 21.7. The van der Waals surface area contributed by atoms with Crippen LogP contribution in [-0.2, 0) is 13.5 Å². The van der Waals surface area contributed by atoms with Crippen LogP contribution in [0.15, 0.2) is 59.3 Å². The molecular formula is C38H48BrN10OP. The van der Waals surface area contributed by atoms with Gasteiger partial charge in [0.15, 0.2) is 5.65 Å². The molecule has 2 fully saturated rings. The maximum atomic E-state index is 5.95. The number of nitrogens with one attached hydrogen (secondary N) is 2. The number of anilines is 5. The molecule has 0 aliphatic carbocycles. The number of piperazine rings is 1. The van der Waals surface area contributed by atoms with Gasteiger partial charge in [0, 0.05) is 93.1 Å². The van der Waals surface area contributed by atoms with Gasteiger partial charge in [-0.2, -0.15) is 10.1 Å². The fraction of sp³-hybridized carbons (Fsp3) is 0.421. The zero-order chi connectivity index (χ0) is 35.6. The molecule has 0 spiro atoms. The highest BCUT2D eigenvalue weighted by atomic mass is 79.9. The zero-order valence-corrected chi connectivity index (χ0v) is 32.9. The maximum absolute atomic E-state index is 5.95. The number of aromatic nitrogens is 5. The quantitative estimate of drug-likeness (QED) is 0.147. The third-order valence-electron chi connectivity index (χ3n) is 10.2. The second-order valence-electron chi connectivity index (χ2n) is 13.7. The Morgan fingerprint density at radius 1 is 0.941 bits per heavy atom. The molecule has 2 N–H and O–H groups in total. The summed E-state index contributed by atoms with van der Waals surface area (Å²) in [5, 5.41) is 14.1. The van der Waals surface area contributed by atoms with E-state index in [0.717, 1.165) is 63.4 Å². The number of aryl methyl sites for hydroxylation is 2. The third-order valence-corrected chi connectivity index (χ3v) is 12.1. The summed E-state index contributed by atoms with van der Waals surface area (Å²) in [5.41, 5.74) is 7.27. The summed E-state index contributed by atoms with van der Waals surface area (Å²) in [5.74, 6) is 1.95. The molecule has 11 nitrogen and oxygen atoms in total. The highest BCUT2D eigenvalue weighted by molar-refractivity contribution is 9.10. The van der Waals surface area contributed by atoms with Crippen LogP contribution in [0.3, 0.4) is 0 Å². The van der Waals surface area contributed by atoms with Gasteiger partial charge in [-0.3, -0.25) is 4.90 Å². The van der Waals surface area contributed by atoms with Gasteiger partial charge in [-0.25, -0.2) is 14.6 Å². The van der Waals surface area contributed by atoms with Gasteiger partial charge in [-0.15, -0.1) is 0 Å². The van der Waals surface area contributed by atoms with Crippen molar-refractivity contribution in [3.05, 3.63) is 64.9 Å². The number of likely N-dealkylation sites (N-methyl/N-ethyl adjacent to an activating group) is 1. The van der Waals surface area contributed by atoms with E-state index in [4.69, 9.17) is 14.8 Å². The molecule has 3 aromatic heterocycles. The summed E-state index contributed by atoms with van der Waals surface area (Å²) in [7, 11) is 5.44. The number of rotatable bonds is 10. The third kappa shape index (κ3) is 7.56. The SMILES string of the molecule is CCc1cc(Nc2ncc(Br)c(Nc3ccc(-c4nn(C)c5ncccc45)cc3P(C)C)n2)c(OC)cc1N1CCC(N2CCN(C)CC2)CC1. The predicted molar refractivity (Wildman–Crippen MR) is 215 cm³/mol. The van der Waals surface area contributed by atoms with Crippen LogP contribution in [0.5, 0.6) is 5.75 Å². The number of ether oxygens (including phenoxy) is 1. The number of piperidine rings is 1. The van der Waals surface area contributed by atoms with Gasteiger partial charge in [0.25, 0.3) is 0 Å². The van der Waals surface area contributed by atoms with Crippen LogP contribution in [0, 0.1) is 0 Å². The number of benzene rings is 2. The Bertz CT molecular complexity index is 2000. The van der Waals surface area contributed by atoms with Crippen LogP contribution in [0.4, 0.5) is 28.8 Å². The lowest BCUT2D eigenvalue weighted by Gasteiger charge is -2.43. The molecule has 5 heterocycles. The van der Waals surface area contributed by atoms with Crippen molar-refractivity contribution in [2.24, 2.45) is 7.05 Å². The first-order chi connectivity index (χ1) is 24.7. The first-order valence-corrected chi connectivity index (χ1v) is 20.8. The number of hydrogen-bond acceptors (Lipinski definition) is 10. The molecule has 5 aromatic rings. The molecule has 0 saturated carbocycles. The number of methoxy groups -OCH3 is 1. The van der Waals surface area contributed by atoms with E-state index >= 15 is 0 Å². The minimum atomic E-state index is -0.453. The summed E-state index contributed by atoms with van der Waals surface area (Å²) >= 11 is 3.69. The highest BCUT2D eigenvalue weighted by Gasteiger charge is 2.28. The molecule has 51 heavy (non-hydrogen) atoms. The van der Waals surface area contributed by atoms with Gasteiger partial charge < -0.3 is 25.2 Å². The maximum Gasteiger partial charge on any atom is 0.229 e. The van der Waals surface area contributed by atoms with Crippen LogP contribution in [0.1, 0.15) is 25.3 Å². The van der Waals surface area contributed by atoms with Gasteiger partial charge in [0.05, 0.1) is 17.3 Å². The first-order valence-electron chi connectivity index (χ1n) is 17.8. The Balaban J connectivity index is 1.10. The number of fused-ring (bicyclic) bond motifs is 1. The molecule has 13 heteroatoms. The van der Waals surface area contributed by atoms with E-state index in [9.17, 15) is 0 Å². The molecule has 0 unspecified atom stereocenters. The number of halogens is 1. The van der Waals surface area contributed by atoms with Crippen molar-refractivity contribution in [2.75, 3.05) is 82.3 Å². The van der Waals surface area contributed by atoms with Crippen molar-refractivity contribution >= 4 is 69.0 Å². The van der Waals surface area contributed by atoms with Crippen molar-refractivity contribution in [1.82, 2.24) is 34.5 Å². The lowest BCUT2D eigenvalue weighted by molar-refractivity contribution is 0.0982. The van der Waals surface area contributed by atoms with Crippen molar-refractivity contribution in [3.8, 4) is 17.0 Å². The lowest BCUT2D eigenvalue weighted by Crippen LogP contribution is -2.52. The Morgan fingerprint density at radius 3 is 2.45 bits per heavy atom. The molecule has 0 amide bonds. The lowest BCUT2D eigenvalue weighted by atomic mass is 9.99. The van der Waals surface area contributed by atoms with E-state index in [-0.39, 0.29) is 0 Å². The fourth-order valence-electron chi connectivity index (χ4n) is 7.34. The Kier molecular flexibility index (Phi) is 10.8. The van der Waals surface area contributed by atoms with Crippen LogP contribution in [0.2, 0.25) is 0 Å². The van der Waals surface area contributed by atoms with Gasteiger partial charge in [-0.1, -0.05) is 20.9 Å². The molecule has 0 bridgehead atoms. The number of pyridine rings is 1. The molecule has 268 valence electrons. The minimum absolute atomic E-state index is 0.453. The van der Waals surface area contributed by atoms with Crippen LogP contribution in [0.25, 0.3) is 22.3 Å². The smallest absolute Gasteiger partial charge is 0.229 e. The Labute approximate surface area is 310 Å². The summed E-state index contributed by atoms with van der Waals surface area (Å²) in [6.45, 7) is 13.5. The molecule has 7 rings (SSSR count). The van der Waals surface area contributed by atoms with Crippen LogP contribution in [-0.4, -0.2) is 107 Å². The molecule has 2 aromatic carbocycles. The second kappa shape index (κ2) is 15.4. The van der Waals surface area contributed by atoms with Gasteiger partial charge >= 0.3 is 0 Å². The topological polar surface area (TPSA) is 99.5 Å². The second-order valence-corrected chi connectivity index (χ2v) is 16.8. The van der Waals surface area contributed by atoms with Gasteiger partial charge in [-0.05, 0) is 96.8 Å². The van der Waals surface area contributed by atoms with E-state index in [1.807, 2.05) is 17.8 Å². The standard InChI is InChI=1S/C38H48BrN10OP/c1-7-25-21-31(33(50-4)23-32(25)49-15-12-27(13-16-49)48-19-17-46(2)18-20-48)43-38-41-24-29(39)36(44-38)42-30-11-10-26(22-34(30)51(5)6)35-28-9-8-14-40-37(28)47(3)45-35/h8-11,14,21-24,27H,7,12-13,15-20H2,1-6H3,(H2,41,42,43,44). The Hall–Kier alpha value is -3.83. The van der Waals surface area contributed by atoms with Crippen molar-refractivity contribution in [3.63, 3.8) is 0 Å². The predicted octanol–water partition coefficient (Wildman–Crippen LogP) is 6.83. The summed E-state index contributed by atoms with van der Waals surface area (Å²) in [6, 6.07) is 15.6. The van der Waals surface area contributed by atoms with Crippen molar-refractivity contribution < 1.29 is 4.74 Å². The minimum Gasteiger partial charge on any atom is -0.494 e. The number of nitrogens with zero attached hydrogens (tertiary/aromatic N) is 8. The first kappa shape index (κ1) is 35.6. The van der Waals surface area contributed by atoms with Crippen molar-refractivity contribution in [2.45, 2.75) is 32.2 Å². The average molecular weight is 772 g/mol. The van der Waals surface area contributed by atoms with E-state index in [1.165, 1.54) is 55.6 Å². The van der Waals surface area contributed by atoms with Gasteiger partial charge in [0.1, 0.15) is 17.3 Å². The molecule has 0 radical (unpaired) electrons. The number of hydrogen-bond donors (Lipinski definition) is 2. The van der Waals surface area contributed by atoms with E-state index in [2.05, 4.69) is 115 Å². The van der Waals surface area contributed by atoms with E-state index in [1.54, 1.807) is 19.5 Å². The largest absolute Gasteiger partial charge is 0.494 e. The zero-order valence-electron chi connectivity index (χ0n) is 30.4.